The number of esters is 2. The van der Waals surface area contributed by atoms with E-state index in [0.29, 0.717) is 28.4 Å². The molecule has 0 aliphatic carbocycles. The average Bonchev–Trinajstić information content (AvgIpc) is 2.43. The molecule has 0 N–H and O–H groups in total. The monoisotopic (exact) mass is 286 g/mol. The number of carbonyl (C=O) groups excluding carboxylic acids is 3. The molecule has 0 atom stereocenters. The number of aldehydes is 1. The average molecular weight is 286 g/mol. The van der Waals surface area contributed by atoms with Gasteiger partial charge in [-0.2, -0.15) is 0 Å². The van der Waals surface area contributed by atoms with Crippen molar-refractivity contribution in [3.8, 4) is 11.5 Å². The van der Waals surface area contributed by atoms with Gasteiger partial charge in [0.25, 0.3) is 0 Å². The highest BCUT2D eigenvalue weighted by atomic mass is 16.5. The van der Waals surface area contributed by atoms with Crippen molar-refractivity contribution in [2.75, 3.05) is 0 Å². The number of hydrogen-bond acceptors (Lipinski definition) is 5. The Bertz CT molecular complexity index is 746. The normalized spacial score (nSPS) is 10.2. The van der Waals surface area contributed by atoms with Crippen LogP contribution in [0.15, 0.2) is 24.3 Å². The summed E-state index contributed by atoms with van der Waals surface area (Å²) in [6.45, 7) is 4.19. The lowest BCUT2D eigenvalue weighted by atomic mass is 9.99. The molecule has 2 rings (SSSR count). The van der Waals surface area contributed by atoms with Crippen molar-refractivity contribution >= 4 is 29.0 Å². The highest BCUT2D eigenvalue weighted by molar-refractivity contribution is 6.03. The largest absolute Gasteiger partial charge is 0.426 e. The molecular weight excluding hydrogens is 272 g/mol. The molecule has 0 radical (unpaired) electrons. The van der Waals surface area contributed by atoms with Crippen molar-refractivity contribution in [2.24, 2.45) is 0 Å². The van der Waals surface area contributed by atoms with Gasteiger partial charge in [-0.3, -0.25) is 14.4 Å². The predicted octanol–water partition coefficient (Wildman–Crippen LogP) is 2.81. The van der Waals surface area contributed by atoms with Crippen LogP contribution in [0.1, 0.15) is 29.8 Å². The zero-order chi connectivity index (χ0) is 15.6. The van der Waals surface area contributed by atoms with E-state index in [4.69, 9.17) is 9.47 Å². The first-order valence-electron chi connectivity index (χ1n) is 6.33. The number of carbonyl (C=O) groups is 3. The van der Waals surface area contributed by atoms with Gasteiger partial charge >= 0.3 is 11.9 Å². The molecule has 2 aromatic carbocycles. The van der Waals surface area contributed by atoms with Gasteiger partial charge in [-0.25, -0.2) is 0 Å². The Morgan fingerprint density at radius 2 is 1.43 bits per heavy atom. The van der Waals surface area contributed by atoms with Crippen LogP contribution in [-0.2, 0) is 9.59 Å². The third-order valence-corrected chi connectivity index (χ3v) is 3.01. The maximum atomic E-state index is 11.4. The molecule has 0 spiro atoms. The van der Waals surface area contributed by atoms with Gasteiger partial charge in [0.15, 0.2) is 6.29 Å². The van der Waals surface area contributed by atoms with Crippen molar-refractivity contribution in [3.05, 3.63) is 35.4 Å². The summed E-state index contributed by atoms with van der Waals surface area (Å²) >= 11 is 0. The fourth-order valence-corrected chi connectivity index (χ4v) is 2.19. The van der Waals surface area contributed by atoms with Crippen LogP contribution >= 0.6 is 0 Å². The quantitative estimate of drug-likeness (QED) is 0.493. The van der Waals surface area contributed by atoms with E-state index in [-0.39, 0.29) is 11.3 Å². The van der Waals surface area contributed by atoms with E-state index < -0.39 is 11.9 Å². The van der Waals surface area contributed by atoms with Gasteiger partial charge in [-0.1, -0.05) is 24.3 Å². The van der Waals surface area contributed by atoms with Crippen LogP contribution in [0, 0.1) is 6.92 Å². The Balaban J connectivity index is 2.87. The minimum Gasteiger partial charge on any atom is -0.426 e. The second-order valence-electron chi connectivity index (χ2n) is 4.55. The number of hydrogen-bond donors (Lipinski definition) is 0. The molecule has 0 aliphatic heterocycles. The molecule has 2 aromatic rings. The fourth-order valence-electron chi connectivity index (χ4n) is 2.19. The van der Waals surface area contributed by atoms with Crippen molar-refractivity contribution in [1.29, 1.82) is 0 Å². The van der Waals surface area contributed by atoms with Crippen LogP contribution in [0.5, 0.6) is 11.5 Å². The van der Waals surface area contributed by atoms with E-state index >= 15 is 0 Å². The van der Waals surface area contributed by atoms with Crippen molar-refractivity contribution in [1.82, 2.24) is 0 Å². The van der Waals surface area contributed by atoms with Gasteiger partial charge in [0.05, 0.1) is 5.56 Å². The lowest BCUT2D eigenvalue weighted by molar-refractivity contribution is -0.133. The van der Waals surface area contributed by atoms with Gasteiger partial charge in [-0.15, -0.1) is 0 Å². The molecule has 21 heavy (non-hydrogen) atoms. The molecule has 0 bridgehead atoms. The number of benzene rings is 2. The molecule has 108 valence electrons. The lowest BCUT2D eigenvalue weighted by Crippen LogP contribution is -2.09. The predicted molar refractivity (Wildman–Crippen MR) is 76.7 cm³/mol. The molecule has 0 saturated carbocycles. The molecule has 0 heterocycles. The van der Waals surface area contributed by atoms with Crippen LogP contribution < -0.4 is 9.47 Å². The van der Waals surface area contributed by atoms with Crippen molar-refractivity contribution < 1.29 is 23.9 Å². The minimum atomic E-state index is -0.525. The summed E-state index contributed by atoms with van der Waals surface area (Å²) in [5, 5.41) is 1.14. The number of rotatable bonds is 3. The summed E-state index contributed by atoms with van der Waals surface area (Å²) in [4.78, 5) is 33.9. The van der Waals surface area contributed by atoms with Gasteiger partial charge < -0.3 is 9.47 Å². The summed E-state index contributed by atoms with van der Waals surface area (Å²) in [6.07, 6.45) is 0.590. The van der Waals surface area contributed by atoms with Crippen LogP contribution in [0.25, 0.3) is 10.8 Å². The number of fused-ring (bicyclic) bond motifs is 1. The second-order valence-corrected chi connectivity index (χ2v) is 4.55. The van der Waals surface area contributed by atoms with E-state index in [2.05, 4.69) is 0 Å². The summed E-state index contributed by atoms with van der Waals surface area (Å²) < 4.78 is 10.4. The lowest BCUT2D eigenvalue weighted by Gasteiger charge is -2.16. The summed E-state index contributed by atoms with van der Waals surface area (Å²) in [5.74, 6) is -0.527. The zero-order valence-corrected chi connectivity index (χ0v) is 11.9. The second kappa shape index (κ2) is 5.75. The van der Waals surface area contributed by atoms with Gasteiger partial charge in [0, 0.05) is 30.2 Å². The van der Waals surface area contributed by atoms with Crippen molar-refractivity contribution in [2.45, 2.75) is 20.8 Å². The van der Waals surface area contributed by atoms with Gasteiger partial charge in [0.2, 0.25) is 0 Å². The maximum Gasteiger partial charge on any atom is 0.308 e. The maximum absolute atomic E-state index is 11.4. The molecular formula is C16H14O5. The number of ether oxygens (including phenoxy) is 2. The molecule has 0 unspecified atom stereocenters. The molecule has 0 aliphatic rings. The van der Waals surface area contributed by atoms with E-state index in [9.17, 15) is 14.4 Å². The molecule has 0 amide bonds. The Hall–Kier alpha value is -2.69. The Kier molecular flexibility index (Phi) is 4.03. The van der Waals surface area contributed by atoms with Gasteiger partial charge in [-0.05, 0) is 6.92 Å². The van der Waals surface area contributed by atoms with Gasteiger partial charge in [0.1, 0.15) is 11.5 Å². The molecule has 5 nitrogen and oxygen atoms in total. The molecule has 0 fully saturated rings. The third-order valence-electron chi connectivity index (χ3n) is 3.01. The third kappa shape index (κ3) is 2.76. The molecule has 0 saturated heterocycles. The first-order valence-corrected chi connectivity index (χ1v) is 6.33. The molecule has 5 heteroatoms. The van der Waals surface area contributed by atoms with E-state index in [1.54, 1.807) is 31.2 Å². The van der Waals surface area contributed by atoms with E-state index in [1.165, 1.54) is 13.8 Å². The first kappa shape index (κ1) is 14.7. The summed E-state index contributed by atoms with van der Waals surface area (Å²) in [5.41, 5.74) is 0.648. The van der Waals surface area contributed by atoms with Crippen LogP contribution in [0.4, 0.5) is 0 Å². The van der Waals surface area contributed by atoms with Crippen LogP contribution in [0.3, 0.4) is 0 Å². The molecule has 0 aromatic heterocycles. The first-order chi connectivity index (χ1) is 9.95. The Labute approximate surface area is 121 Å². The zero-order valence-electron chi connectivity index (χ0n) is 11.9. The summed E-state index contributed by atoms with van der Waals surface area (Å²) in [7, 11) is 0. The van der Waals surface area contributed by atoms with Crippen molar-refractivity contribution in [3.63, 3.8) is 0 Å². The minimum absolute atomic E-state index is 0.182. The van der Waals surface area contributed by atoms with Crippen LogP contribution in [0.2, 0.25) is 0 Å². The SMILES string of the molecule is CC(=O)Oc1c(C)c(C=O)c(OC(C)=O)c2ccccc12. The Morgan fingerprint density at radius 1 is 0.952 bits per heavy atom. The van der Waals surface area contributed by atoms with E-state index in [1.807, 2.05) is 0 Å². The highest BCUT2D eigenvalue weighted by Crippen LogP contribution is 2.39. The standard InChI is InChI=1S/C16H14O5/c1-9-14(8-17)16(21-11(3)19)13-7-5-4-6-12(13)15(9)20-10(2)18/h4-8H,1-3H3. The van der Waals surface area contributed by atoms with Crippen LogP contribution in [-0.4, -0.2) is 18.2 Å². The smallest absolute Gasteiger partial charge is 0.308 e. The summed E-state index contributed by atoms with van der Waals surface area (Å²) in [6, 6.07) is 6.96. The van der Waals surface area contributed by atoms with E-state index in [0.717, 1.165) is 0 Å². The topological polar surface area (TPSA) is 69.7 Å². The fraction of sp³-hybridized carbons (Fsp3) is 0.188. The Morgan fingerprint density at radius 3 is 1.90 bits per heavy atom. The highest BCUT2D eigenvalue weighted by Gasteiger charge is 2.20.